The molecule has 0 aliphatic carbocycles. The van der Waals surface area contributed by atoms with Gasteiger partial charge in [0.25, 0.3) is 0 Å². The Kier molecular flexibility index (Phi) is 2.15. The zero-order valence-electron chi connectivity index (χ0n) is 8.51. The molecule has 16 heavy (non-hydrogen) atoms. The van der Waals surface area contributed by atoms with E-state index in [0.29, 0.717) is 12.2 Å². The van der Waals surface area contributed by atoms with Crippen LogP contribution < -0.4 is 9.47 Å². The van der Waals surface area contributed by atoms with E-state index in [4.69, 9.17) is 14.2 Å². The number of carbonyl (C=O) groups is 1. The predicted octanol–water partition coefficient (Wildman–Crippen LogP) is 1.61. The van der Waals surface area contributed by atoms with E-state index in [9.17, 15) is 4.79 Å². The number of hydrogen-bond acceptors (Lipinski definition) is 4. The van der Waals surface area contributed by atoms with E-state index in [1.165, 1.54) is 0 Å². The fourth-order valence-corrected chi connectivity index (χ4v) is 1.83. The molecule has 2 aliphatic heterocycles. The summed E-state index contributed by atoms with van der Waals surface area (Å²) in [6.45, 7) is 0.641. The Morgan fingerprint density at radius 1 is 1.25 bits per heavy atom. The molecular weight excluding hydrogens is 208 g/mol. The molecule has 82 valence electrons. The number of fused-ring (bicyclic) bond motifs is 1. The monoisotopic (exact) mass is 218 g/mol. The fraction of sp³-hybridized carbons (Fsp3) is 0.250. The average molecular weight is 218 g/mol. The van der Waals surface area contributed by atoms with Crippen molar-refractivity contribution in [3.63, 3.8) is 0 Å². The van der Waals surface area contributed by atoms with Crippen LogP contribution in [-0.2, 0) is 9.53 Å². The Balaban J connectivity index is 1.90. The second kappa shape index (κ2) is 3.64. The van der Waals surface area contributed by atoms with Crippen molar-refractivity contribution in [3.8, 4) is 11.5 Å². The van der Waals surface area contributed by atoms with Gasteiger partial charge in [-0.25, -0.2) is 0 Å². The number of carbonyl (C=O) groups excluding carboxylic acids is 1. The van der Waals surface area contributed by atoms with Crippen molar-refractivity contribution in [1.82, 2.24) is 0 Å². The van der Waals surface area contributed by atoms with Gasteiger partial charge in [-0.2, -0.15) is 0 Å². The Bertz CT molecular complexity index is 464. The largest absolute Gasteiger partial charge is 0.454 e. The standard InChI is InChI=1S/C12H10O4/c13-5-8-3-11(14-6-8)9-1-2-10-12(4-9)16-7-15-10/h1-5,11H,6-7H2/t11-/m1/s1. The normalized spacial score (nSPS) is 22.0. The van der Waals surface area contributed by atoms with Crippen LogP contribution in [0.3, 0.4) is 0 Å². The van der Waals surface area contributed by atoms with Crippen LogP contribution in [0.2, 0.25) is 0 Å². The van der Waals surface area contributed by atoms with Crippen molar-refractivity contribution in [3.05, 3.63) is 35.4 Å². The van der Waals surface area contributed by atoms with Gasteiger partial charge in [0, 0.05) is 5.57 Å². The van der Waals surface area contributed by atoms with Crippen LogP contribution in [0, 0.1) is 0 Å². The minimum absolute atomic E-state index is 0.158. The van der Waals surface area contributed by atoms with Gasteiger partial charge in [0.1, 0.15) is 12.4 Å². The number of ether oxygens (including phenoxy) is 3. The zero-order valence-corrected chi connectivity index (χ0v) is 8.51. The summed E-state index contributed by atoms with van der Waals surface area (Å²) in [6.07, 6.45) is 2.49. The molecule has 0 amide bonds. The highest BCUT2D eigenvalue weighted by Gasteiger charge is 2.21. The maximum atomic E-state index is 10.6. The van der Waals surface area contributed by atoms with Crippen LogP contribution >= 0.6 is 0 Å². The van der Waals surface area contributed by atoms with E-state index in [1.54, 1.807) is 0 Å². The second-order valence-electron chi connectivity index (χ2n) is 3.70. The van der Waals surface area contributed by atoms with Crippen LogP contribution in [-0.4, -0.2) is 19.7 Å². The van der Waals surface area contributed by atoms with Gasteiger partial charge < -0.3 is 14.2 Å². The molecule has 1 aromatic rings. The zero-order chi connectivity index (χ0) is 11.0. The van der Waals surface area contributed by atoms with Gasteiger partial charge in [0.2, 0.25) is 6.79 Å². The van der Waals surface area contributed by atoms with E-state index in [1.807, 2.05) is 24.3 Å². The van der Waals surface area contributed by atoms with Crippen LogP contribution in [0.15, 0.2) is 29.8 Å². The average Bonchev–Trinajstić information content (AvgIpc) is 2.96. The van der Waals surface area contributed by atoms with Gasteiger partial charge >= 0.3 is 0 Å². The number of rotatable bonds is 2. The summed E-state index contributed by atoms with van der Waals surface area (Å²) in [5.74, 6) is 1.48. The molecule has 2 heterocycles. The van der Waals surface area contributed by atoms with E-state index >= 15 is 0 Å². The molecule has 0 N–H and O–H groups in total. The van der Waals surface area contributed by atoms with Crippen molar-refractivity contribution in [1.29, 1.82) is 0 Å². The maximum Gasteiger partial charge on any atom is 0.231 e. The number of benzene rings is 1. The molecule has 0 saturated carbocycles. The first-order valence-electron chi connectivity index (χ1n) is 5.04. The molecule has 2 aliphatic rings. The number of hydrogen-bond donors (Lipinski definition) is 0. The Hall–Kier alpha value is -1.81. The molecule has 1 aromatic carbocycles. The minimum Gasteiger partial charge on any atom is -0.454 e. The molecule has 0 fully saturated rings. The molecule has 0 bridgehead atoms. The molecule has 4 heteroatoms. The molecule has 0 saturated heterocycles. The van der Waals surface area contributed by atoms with Crippen molar-refractivity contribution in [2.45, 2.75) is 6.10 Å². The predicted molar refractivity (Wildman–Crippen MR) is 55.4 cm³/mol. The third kappa shape index (κ3) is 1.47. The highest BCUT2D eigenvalue weighted by Crippen LogP contribution is 2.36. The summed E-state index contributed by atoms with van der Waals surface area (Å²) in [6, 6.07) is 5.66. The molecule has 1 atom stereocenters. The van der Waals surface area contributed by atoms with Crippen molar-refractivity contribution >= 4 is 6.29 Å². The van der Waals surface area contributed by atoms with Gasteiger partial charge in [0.15, 0.2) is 11.5 Å². The fourth-order valence-electron chi connectivity index (χ4n) is 1.83. The van der Waals surface area contributed by atoms with Crippen molar-refractivity contribution in [2.24, 2.45) is 0 Å². The first-order valence-corrected chi connectivity index (χ1v) is 5.04. The Labute approximate surface area is 92.4 Å². The van der Waals surface area contributed by atoms with E-state index in [-0.39, 0.29) is 12.9 Å². The Morgan fingerprint density at radius 3 is 2.94 bits per heavy atom. The van der Waals surface area contributed by atoms with Gasteiger partial charge in [-0.05, 0) is 23.8 Å². The molecule has 4 nitrogen and oxygen atoms in total. The van der Waals surface area contributed by atoms with Crippen molar-refractivity contribution in [2.75, 3.05) is 13.4 Å². The Morgan fingerprint density at radius 2 is 2.12 bits per heavy atom. The first kappa shape index (κ1) is 9.42. The molecule has 0 unspecified atom stereocenters. The summed E-state index contributed by atoms with van der Waals surface area (Å²) in [4.78, 5) is 10.6. The third-order valence-electron chi connectivity index (χ3n) is 2.67. The van der Waals surface area contributed by atoms with Crippen LogP contribution in [0.4, 0.5) is 0 Å². The molecular formula is C12H10O4. The molecule has 3 rings (SSSR count). The van der Waals surface area contributed by atoms with Crippen molar-refractivity contribution < 1.29 is 19.0 Å². The lowest BCUT2D eigenvalue weighted by Crippen LogP contribution is -1.96. The lowest BCUT2D eigenvalue weighted by molar-refractivity contribution is -0.105. The van der Waals surface area contributed by atoms with Crippen LogP contribution in [0.25, 0.3) is 0 Å². The smallest absolute Gasteiger partial charge is 0.231 e. The number of aldehydes is 1. The van der Waals surface area contributed by atoms with E-state index in [0.717, 1.165) is 23.3 Å². The summed E-state index contributed by atoms with van der Waals surface area (Å²) < 4.78 is 16.0. The van der Waals surface area contributed by atoms with Gasteiger partial charge in [-0.15, -0.1) is 0 Å². The van der Waals surface area contributed by atoms with Gasteiger partial charge in [0.05, 0.1) is 6.61 Å². The topological polar surface area (TPSA) is 44.8 Å². The third-order valence-corrected chi connectivity index (χ3v) is 2.67. The molecule has 0 radical (unpaired) electrons. The van der Waals surface area contributed by atoms with Crippen LogP contribution in [0.1, 0.15) is 11.7 Å². The second-order valence-corrected chi connectivity index (χ2v) is 3.70. The highest BCUT2D eigenvalue weighted by molar-refractivity contribution is 5.74. The summed E-state index contributed by atoms with van der Waals surface area (Å²) >= 11 is 0. The molecule has 0 aromatic heterocycles. The van der Waals surface area contributed by atoms with Crippen LogP contribution in [0.5, 0.6) is 11.5 Å². The highest BCUT2D eigenvalue weighted by atomic mass is 16.7. The lowest BCUT2D eigenvalue weighted by Gasteiger charge is -2.08. The quantitative estimate of drug-likeness (QED) is 0.707. The minimum atomic E-state index is -0.158. The molecule has 0 spiro atoms. The van der Waals surface area contributed by atoms with E-state index in [2.05, 4.69) is 0 Å². The lowest BCUT2D eigenvalue weighted by atomic mass is 10.1. The summed E-state index contributed by atoms with van der Waals surface area (Å²) in [7, 11) is 0. The van der Waals surface area contributed by atoms with Gasteiger partial charge in [-0.1, -0.05) is 6.07 Å². The SMILES string of the molecule is O=CC1=C[C@H](c2ccc3c(c2)OCO3)OC1. The maximum absolute atomic E-state index is 10.6. The summed E-state index contributed by atoms with van der Waals surface area (Å²) in [5, 5.41) is 0. The first-order chi connectivity index (χ1) is 7.86. The van der Waals surface area contributed by atoms with Gasteiger partial charge in [-0.3, -0.25) is 4.79 Å². The summed E-state index contributed by atoms with van der Waals surface area (Å²) in [5.41, 5.74) is 1.66. The van der Waals surface area contributed by atoms with E-state index < -0.39 is 0 Å².